The summed E-state index contributed by atoms with van der Waals surface area (Å²) in [6.45, 7) is 3.97. The first kappa shape index (κ1) is 23.7. The van der Waals surface area contributed by atoms with Crippen LogP contribution >= 0.6 is 22.6 Å². The number of nitrogens with zero attached hydrogens (tertiary/aromatic N) is 1. The lowest BCUT2D eigenvalue weighted by atomic mass is 10.0. The highest BCUT2D eigenvalue weighted by atomic mass is 127. The van der Waals surface area contributed by atoms with Gasteiger partial charge >= 0.3 is 6.18 Å². The van der Waals surface area contributed by atoms with Crippen LogP contribution < -0.4 is 20.8 Å². The van der Waals surface area contributed by atoms with Crippen LogP contribution in [0.2, 0.25) is 0 Å². The minimum absolute atomic E-state index is 0.253. The lowest BCUT2D eigenvalue weighted by molar-refractivity contribution is -0.137. The van der Waals surface area contributed by atoms with E-state index in [1.807, 2.05) is 0 Å². The number of nitrogens with two attached hydrogens (primary N) is 1. The number of aromatic nitrogens is 1. The van der Waals surface area contributed by atoms with Crippen molar-refractivity contribution in [1.29, 1.82) is 0 Å². The summed E-state index contributed by atoms with van der Waals surface area (Å²) in [5.41, 5.74) is 6.50. The van der Waals surface area contributed by atoms with Crippen molar-refractivity contribution in [3.8, 4) is 28.4 Å². The molecule has 0 fully saturated rings. The third-order valence-electron chi connectivity index (χ3n) is 4.54. The molecule has 5 nitrogen and oxygen atoms in total. The molecule has 9 heteroatoms. The molecule has 0 aliphatic rings. The number of benzene rings is 2. The topological polar surface area (TPSA) is 66.5 Å². The van der Waals surface area contributed by atoms with Gasteiger partial charge in [0.1, 0.15) is 17.2 Å². The minimum atomic E-state index is -4.45. The molecule has 32 heavy (non-hydrogen) atoms. The van der Waals surface area contributed by atoms with Gasteiger partial charge in [0, 0.05) is 36.1 Å². The average molecular weight is 556 g/mol. The number of rotatable bonds is 7. The summed E-state index contributed by atoms with van der Waals surface area (Å²) in [7, 11) is 1.60. The molecule has 2 aromatic carbocycles. The Labute approximate surface area is 196 Å². The van der Waals surface area contributed by atoms with E-state index >= 15 is 0 Å². The van der Waals surface area contributed by atoms with Gasteiger partial charge in [0.25, 0.3) is 5.56 Å². The molecule has 2 N–H and O–H groups in total. The Kier molecular flexibility index (Phi) is 7.17. The molecular formula is C23H20F3IN2O3. The van der Waals surface area contributed by atoms with Gasteiger partial charge in [-0.2, -0.15) is 13.2 Å². The second kappa shape index (κ2) is 9.68. The number of aryl methyl sites for hydroxylation is 1. The van der Waals surface area contributed by atoms with E-state index in [0.717, 1.165) is 12.1 Å². The SMILES string of the molecule is C=CCCOc1cc(=O)n(C)cc1-c1cc(N)ccc1Oc1ccc(C(F)(F)F)cc1I. The van der Waals surface area contributed by atoms with Crippen molar-refractivity contribution in [3.05, 3.63) is 80.8 Å². The minimum Gasteiger partial charge on any atom is -0.492 e. The predicted molar refractivity (Wildman–Crippen MR) is 126 cm³/mol. The molecule has 1 aromatic heterocycles. The molecule has 0 aliphatic carbocycles. The zero-order valence-electron chi connectivity index (χ0n) is 17.1. The Morgan fingerprint density at radius 3 is 2.47 bits per heavy atom. The van der Waals surface area contributed by atoms with Crippen molar-refractivity contribution in [2.24, 2.45) is 7.05 Å². The lowest BCUT2D eigenvalue weighted by Crippen LogP contribution is -2.16. The van der Waals surface area contributed by atoms with Crippen LogP contribution in [0.15, 0.2) is 66.1 Å². The van der Waals surface area contributed by atoms with Gasteiger partial charge in [-0.1, -0.05) is 6.08 Å². The molecular weight excluding hydrogens is 536 g/mol. The molecule has 168 valence electrons. The van der Waals surface area contributed by atoms with Gasteiger partial charge in [-0.25, -0.2) is 0 Å². The lowest BCUT2D eigenvalue weighted by Gasteiger charge is -2.17. The van der Waals surface area contributed by atoms with Crippen molar-refractivity contribution in [2.75, 3.05) is 12.3 Å². The van der Waals surface area contributed by atoms with Crippen LogP contribution in [0.1, 0.15) is 12.0 Å². The van der Waals surface area contributed by atoms with Gasteiger partial charge in [-0.3, -0.25) is 4.79 Å². The number of halogens is 4. The fourth-order valence-corrected chi connectivity index (χ4v) is 3.54. The monoisotopic (exact) mass is 556 g/mol. The summed E-state index contributed by atoms with van der Waals surface area (Å²) in [6.07, 6.45) is -0.566. The molecule has 0 spiro atoms. The van der Waals surface area contributed by atoms with Gasteiger partial charge in [0.05, 0.1) is 15.7 Å². The summed E-state index contributed by atoms with van der Waals surface area (Å²) in [6, 6.07) is 9.52. The van der Waals surface area contributed by atoms with E-state index < -0.39 is 11.7 Å². The maximum absolute atomic E-state index is 13.0. The average Bonchev–Trinajstić information content (AvgIpc) is 2.72. The third kappa shape index (κ3) is 5.45. The first-order valence-electron chi connectivity index (χ1n) is 9.49. The van der Waals surface area contributed by atoms with Crippen molar-refractivity contribution in [3.63, 3.8) is 0 Å². The summed E-state index contributed by atoms with van der Waals surface area (Å²) in [5, 5.41) is 0. The van der Waals surface area contributed by atoms with Gasteiger partial charge in [-0.15, -0.1) is 6.58 Å². The Bertz CT molecular complexity index is 1210. The number of anilines is 1. The number of nitrogen functional groups attached to an aromatic ring is 1. The maximum atomic E-state index is 13.0. The fourth-order valence-electron chi connectivity index (χ4n) is 2.91. The van der Waals surface area contributed by atoms with Gasteiger partial charge in [-0.05, 0) is 65.4 Å². The highest BCUT2D eigenvalue weighted by Crippen LogP contribution is 2.41. The van der Waals surface area contributed by atoms with E-state index in [4.69, 9.17) is 15.2 Å². The van der Waals surface area contributed by atoms with Crippen molar-refractivity contribution in [1.82, 2.24) is 4.57 Å². The van der Waals surface area contributed by atoms with Crippen LogP contribution in [-0.2, 0) is 13.2 Å². The van der Waals surface area contributed by atoms with Crippen LogP contribution in [0, 0.1) is 3.57 Å². The Hall–Kier alpha value is -2.95. The number of hydrogen-bond acceptors (Lipinski definition) is 4. The van der Waals surface area contributed by atoms with E-state index in [1.165, 1.54) is 16.7 Å². The Morgan fingerprint density at radius 2 is 1.81 bits per heavy atom. The molecule has 0 amide bonds. The molecule has 0 atom stereocenters. The highest BCUT2D eigenvalue weighted by molar-refractivity contribution is 14.1. The zero-order valence-corrected chi connectivity index (χ0v) is 19.2. The molecule has 0 bridgehead atoms. The normalized spacial score (nSPS) is 11.3. The maximum Gasteiger partial charge on any atom is 0.416 e. The summed E-state index contributed by atoms with van der Waals surface area (Å²) in [5.74, 6) is 0.945. The number of ether oxygens (including phenoxy) is 2. The van der Waals surface area contributed by atoms with E-state index in [9.17, 15) is 18.0 Å². The van der Waals surface area contributed by atoms with Crippen molar-refractivity contribution in [2.45, 2.75) is 12.6 Å². The van der Waals surface area contributed by atoms with E-state index in [0.29, 0.717) is 44.9 Å². The summed E-state index contributed by atoms with van der Waals surface area (Å²) in [4.78, 5) is 12.2. The molecule has 0 aliphatic heterocycles. The smallest absolute Gasteiger partial charge is 0.416 e. The van der Waals surface area contributed by atoms with Crippen LogP contribution in [0.4, 0.5) is 18.9 Å². The van der Waals surface area contributed by atoms with E-state index in [2.05, 4.69) is 6.58 Å². The largest absolute Gasteiger partial charge is 0.492 e. The molecule has 0 saturated carbocycles. The molecule has 3 rings (SSSR count). The highest BCUT2D eigenvalue weighted by Gasteiger charge is 2.31. The van der Waals surface area contributed by atoms with Crippen LogP contribution in [-0.4, -0.2) is 11.2 Å². The van der Waals surface area contributed by atoms with Crippen LogP contribution in [0.3, 0.4) is 0 Å². The second-order valence-electron chi connectivity index (χ2n) is 6.93. The number of alkyl halides is 3. The summed E-state index contributed by atoms with van der Waals surface area (Å²) < 4.78 is 52.4. The Balaban J connectivity index is 2.08. The van der Waals surface area contributed by atoms with Crippen molar-refractivity contribution >= 4 is 28.3 Å². The second-order valence-corrected chi connectivity index (χ2v) is 8.09. The fraction of sp³-hybridized carbons (Fsp3) is 0.174. The molecule has 3 aromatic rings. The van der Waals surface area contributed by atoms with Gasteiger partial charge in [0.2, 0.25) is 0 Å². The molecule has 0 saturated heterocycles. The van der Waals surface area contributed by atoms with E-state index in [1.54, 1.807) is 60.1 Å². The first-order chi connectivity index (χ1) is 15.1. The molecule has 1 heterocycles. The number of hydrogen-bond donors (Lipinski definition) is 1. The number of pyridine rings is 1. The Morgan fingerprint density at radius 1 is 1.09 bits per heavy atom. The van der Waals surface area contributed by atoms with Crippen LogP contribution in [0.25, 0.3) is 11.1 Å². The molecule has 0 unspecified atom stereocenters. The predicted octanol–water partition coefficient (Wildman–Crippen LogP) is 6.01. The quantitative estimate of drug-likeness (QED) is 0.168. The van der Waals surface area contributed by atoms with Gasteiger partial charge < -0.3 is 19.8 Å². The van der Waals surface area contributed by atoms with E-state index in [-0.39, 0.29) is 11.3 Å². The van der Waals surface area contributed by atoms with Crippen LogP contribution in [0.5, 0.6) is 17.2 Å². The first-order valence-corrected chi connectivity index (χ1v) is 10.6. The van der Waals surface area contributed by atoms with Crippen molar-refractivity contribution < 1.29 is 22.6 Å². The zero-order chi connectivity index (χ0) is 23.5. The van der Waals surface area contributed by atoms with Gasteiger partial charge in [0.15, 0.2) is 0 Å². The standard InChI is InChI=1S/C23H20F3IN2O3/c1-3-4-9-31-21-12-22(30)29(2)13-17(21)16-11-15(28)6-8-19(16)32-20-7-5-14(10-18(20)27)23(24,25)26/h3,5-8,10-13H,1,4,9,28H2,2H3. The summed E-state index contributed by atoms with van der Waals surface area (Å²) >= 11 is 1.80. The molecule has 0 radical (unpaired) electrons. The third-order valence-corrected chi connectivity index (χ3v) is 5.39.